The van der Waals surface area contributed by atoms with Crippen molar-refractivity contribution in [2.75, 3.05) is 5.32 Å². The molecule has 116 valence electrons. The molecule has 2 aromatic rings. The van der Waals surface area contributed by atoms with Crippen LogP contribution in [0.25, 0.3) is 0 Å². The summed E-state index contributed by atoms with van der Waals surface area (Å²) >= 11 is 5.32. The van der Waals surface area contributed by atoms with Crippen LogP contribution in [-0.2, 0) is 13.0 Å². The fourth-order valence-electron chi connectivity index (χ4n) is 2.39. The maximum absolute atomic E-state index is 12.0. The van der Waals surface area contributed by atoms with E-state index >= 15 is 0 Å². The smallest absolute Gasteiger partial charge is 0.253 e. The van der Waals surface area contributed by atoms with Gasteiger partial charge in [-0.15, -0.1) is 0 Å². The van der Waals surface area contributed by atoms with Crippen LogP contribution in [0.2, 0.25) is 0 Å². The van der Waals surface area contributed by atoms with Gasteiger partial charge in [-0.3, -0.25) is 4.79 Å². The predicted molar refractivity (Wildman–Crippen MR) is 95.4 cm³/mol. The number of nitrogens with one attached hydrogen (secondary N) is 3. The summed E-state index contributed by atoms with van der Waals surface area (Å²) in [6.07, 6.45) is 0.933. The lowest BCUT2D eigenvalue weighted by atomic mass is 10.1. The quantitative estimate of drug-likeness (QED) is 0.759. The number of aromatic nitrogens is 1. The SMILES string of the molecule is CCc1ccccc1NC(=S)NCc1c(C)cc(C)[nH]c1=O. The van der Waals surface area contributed by atoms with E-state index in [9.17, 15) is 4.79 Å². The molecule has 0 aliphatic carbocycles. The number of anilines is 1. The number of H-pyrrole nitrogens is 1. The Morgan fingerprint density at radius 1 is 1.27 bits per heavy atom. The molecule has 0 fully saturated rings. The Morgan fingerprint density at radius 3 is 2.68 bits per heavy atom. The highest BCUT2D eigenvalue weighted by molar-refractivity contribution is 7.80. The summed E-state index contributed by atoms with van der Waals surface area (Å²) in [7, 11) is 0. The van der Waals surface area contributed by atoms with E-state index in [1.165, 1.54) is 5.56 Å². The highest BCUT2D eigenvalue weighted by Gasteiger charge is 2.07. The minimum atomic E-state index is -0.0678. The third-order valence-electron chi connectivity index (χ3n) is 3.57. The van der Waals surface area contributed by atoms with Gasteiger partial charge < -0.3 is 15.6 Å². The van der Waals surface area contributed by atoms with Gasteiger partial charge in [-0.1, -0.05) is 25.1 Å². The summed E-state index contributed by atoms with van der Waals surface area (Å²) in [6, 6.07) is 10.0. The maximum atomic E-state index is 12.0. The number of thiocarbonyl (C=S) groups is 1. The van der Waals surface area contributed by atoms with Crippen molar-refractivity contribution in [1.29, 1.82) is 0 Å². The van der Waals surface area contributed by atoms with Crippen molar-refractivity contribution in [3.05, 3.63) is 63.1 Å². The number of pyridine rings is 1. The molecular weight excluding hydrogens is 294 g/mol. The van der Waals surface area contributed by atoms with Crippen molar-refractivity contribution in [1.82, 2.24) is 10.3 Å². The van der Waals surface area contributed by atoms with E-state index in [0.29, 0.717) is 17.2 Å². The molecule has 1 aromatic carbocycles. The molecule has 1 heterocycles. The van der Waals surface area contributed by atoms with Crippen LogP contribution in [-0.4, -0.2) is 10.1 Å². The molecule has 22 heavy (non-hydrogen) atoms. The Labute approximate surface area is 136 Å². The largest absolute Gasteiger partial charge is 0.358 e. The molecule has 3 N–H and O–H groups in total. The lowest BCUT2D eigenvalue weighted by molar-refractivity contribution is 0.883. The summed E-state index contributed by atoms with van der Waals surface area (Å²) in [6.45, 7) is 6.31. The third-order valence-corrected chi connectivity index (χ3v) is 3.81. The minimum Gasteiger partial charge on any atom is -0.358 e. The number of hydrogen-bond donors (Lipinski definition) is 3. The van der Waals surface area contributed by atoms with Crippen molar-refractivity contribution in [3.8, 4) is 0 Å². The Hall–Kier alpha value is -2.14. The maximum Gasteiger partial charge on any atom is 0.253 e. The molecule has 5 heteroatoms. The predicted octanol–water partition coefficient (Wildman–Crippen LogP) is 3.04. The van der Waals surface area contributed by atoms with Crippen molar-refractivity contribution < 1.29 is 0 Å². The monoisotopic (exact) mass is 315 g/mol. The van der Waals surface area contributed by atoms with Gasteiger partial charge in [0.05, 0.1) is 0 Å². The van der Waals surface area contributed by atoms with Gasteiger partial charge in [0, 0.05) is 23.5 Å². The van der Waals surface area contributed by atoms with E-state index < -0.39 is 0 Å². The van der Waals surface area contributed by atoms with E-state index in [1.807, 2.05) is 38.1 Å². The summed E-state index contributed by atoms with van der Waals surface area (Å²) in [5, 5.41) is 6.80. The Bertz CT molecular complexity index is 737. The second-order valence-electron chi connectivity index (χ2n) is 5.26. The first-order valence-corrected chi connectivity index (χ1v) is 7.74. The molecule has 0 bridgehead atoms. The van der Waals surface area contributed by atoms with Gasteiger partial charge in [-0.2, -0.15) is 0 Å². The second-order valence-corrected chi connectivity index (χ2v) is 5.67. The molecule has 2 rings (SSSR count). The van der Waals surface area contributed by atoms with Crippen molar-refractivity contribution in [2.24, 2.45) is 0 Å². The van der Waals surface area contributed by atoms with Crippen LogP contribution in [0.5, 0.6) is 0 Å². The zero-order chi connectivity index (χ0) is 16.1. The molecule has 0 atom stereocenters. The molecule has 0 spiro atoms. The minimum absolute atomic E-state index is 0.0678. The molecule has 0 saturated heterocycles. The first-order chi connectivity index (χ1) is 10.5. The molecule has 0 amide bonds. The van der Waals surface area contributed by atoms with E-state index in [0.717, 1.165) is 23.4 Å². The average Bonchev–Trinajstić information content (AvgIpc) is 2.46. The third kappa shape index (κ3) is 3.95. The van der Waals surface area contributed by atoms with Gasteiger partial charge in [-0.05, 0) is 55.7 Å². The standard InChI is InChI=1S/C17H21N3OS/c1-4-13-7-5-6-8-15(13)20-17(22)18-10-14-11(2)9-12(3)19-16(14)21/h5-9H,4,10H2,1-3H3,(H,19,21)(H2,18,20,22). The lowest BCUT2D eigenvalue weighted by Crippen LogP contribution is -2.31. The molecule has 1 aromatic heterocycles. The van der Waals surface area contributed by atoms with Crippen LogP contribution >= 0.6 is 12.2 Å². The summed E-state index contributed by atoms with van der Waals surface area (Å²) in [5.41, 5.74) is 4.67. The van der Waals surface area contributed by atoms with Crippen LogP contribution in [0, 0.1) is 13.8 Å². The van der Waals surface area contributed by atoms with Crippen molar-refractivity contribution in [3.63, 3.8) is 0 Å². The number of benzene rings is 1. The molecule has 0 unspecified atom stereocenters. The molecule has 0 aliphatic rings. The topological polar surface area (TPSA) is 56.9 Å². The molecule has 0 aliphatic heterocycles. The van der Waals surface area contributed by atoms with E-state index in [-0.39, 0.29) is 5.56 Å². The number of para-hydroxylation sites is 1. The van der Waals surface area contributed by atoms with Gasteiger partial charge in [0.25, 0.3) is 5.56 Å². The Kier molecular flexibility index (Phi) is 5.33. The van der Waals surface area contributed by atoms with E-state index in [2.05, 4.69) is 28.6 Å². The summed E-state index contributed by atoms with van der Waals surface area (Å²) < 4.78 is 0. The zero-order valence-corrected chi connectivity index (χ0v) is 13.9. The van der Waals surface area contributed by atoms with Crippen molar-refractivity contribution in [2.45, 2.75) is 33.7 Å². The molecule has 4 nitrogen and oxygen atoms in total. The molecular formula is C17H21N3OS. The van der Waals surface area contributed by atoms with Crippen LogP contribution in [0.3, 0.4) is 0 Å². The van der Waals surface area contributed by atoms with Gasteiger partial charge in [0.2, 0.25) is 0 Å². The summed E-state index contributed by atoms with van der Waals surface area (Å²) in [4.78, 5) is 14.8. The van der Waals surface area contributed by atoms with E-state index in [4.69, 9.17) is 12.2 Å². The lowest BCUT2D eigenvalue weighted by Gasteiger charge is -2.14. The van der Waals surface area contributed by atoms with Gasteiger partial charge in [0.15, 0.2) is 5.11 Å². The van der Waals surface area contributed by atoms with Gasteiger partial charge in [0.1, 0.15) is 0 Å². The van der Waals surface area contributed by atoms with Crippen LogP contribution < -0.4 is 16.2 Å². The van der Waals surface area contributed by atoms with Gasteiger partial charge >= 0.3 is 0 Å². The fourth-order valence-corrected chi connectivity index (χ4v) is 2.57. The first-order valence-electron chi connectivity index (χ1n) is 7.33. The number of hydrogen-bond acceptors (Lipinski definition) is 2. The first kappa shape index (κ1) is 16.2. The average molecular weight is 315 g/mol. The van der Waals surface area contributed by atoms with Crippen LogP contribution in [0.4, 0.5) is 5.69 Å². The van der Waals surface area contributed by atoms with Crippen molar-refractivity contribution >= 4 is 23.0 Å². The highest BCUT2D eigenvalue weighted by Crippen LogP contribution is 2.15. The van der Waals surface area contributed by atoms with Crippen LogP contribution in [0.1, 0.15) is 29.3 Å². The van der Waals surface area contributed by atoms with Gasteiger partial charge in [-0.25, -0.2) is 0 Å². The van der Waals surface area contributed by atoms with E-state index in [1.54, 1.807) is 0 Å². The highest BCUT2D eigenvalue weighted by atomic mass is 32.1. The second kappa shape index (κ2) is 7.22. The summed E-state index contributed by atoms with van der Waals surface area (Å²) in [5.74, 6) is 0. The zero-order valence-electron chi connectivity index (χ0n) is 13.1. The normalized spacial score (nSPS) is 10.3. The fraction of sp³-hybridized carbons (Fsp3) is 0.294. The molecule has 0 radical (unpaired) electrons. The number of aryl methyl sites for hydroxylation is 3. The van der Waals surface area contributed by atoms with Crippen LogP contribution in [0.15, 0.2) is 35.1 Å². The Morgan fingerprint density at radius 2 is 2.00 bits per heavy atom. The number of rotatable bonds is 4. The Balaban J connectivity index is 2.03. The molecule has 0 saturated carbocycles. The number of aromatic amines is 1.